The summed E-state index contributed by atoms with van der Waals surface area (Å²) in [4.78, 5) is 36.7. The van der Waals surface area contributed by atoms with E-state index in [4.69, 9.17) is 27.9 Å². The third-order valence-electron chi connectivity index (χ3n) is 4.16. The van der Waals surface area contributed by atoms with Crippen molar-refractivity contribution in [3.05, 3.63) is 35.9 Å². The van der Waals surface area contributed by atoms with Gasteiger partial charge in [-0.3, -0.25) is 14.4 Å². The van der Waals surface area contributed by atoms with Gasteiger partial charge in [-0.05, 0) is 5.56 Å². The van der Waals surface area contributed by atoms with E-state index in [2.05, 4.69) is 5.32 Å². The molecule has 1 N–H and O–H groups in total. The lowest BCUT2D eigenvalue weighted by Crippen LogP contribution is -2.65. The van der Waals surface area contributed by atoms with Gasteiger partial charge in [0.2, 0.25) is 11.8 Å². The summed E-state index contributed by atoms with van der Waals surface area (Å²) in [6.45, 7) is 1.35. The van der Waals surface area contributed by atoms with Gasteiger partial charge in [-0.15, -0.1) is 35.0 Å². The Kier molecular flexibility index (Phi) is 5.18. The normalized spacial score (nSPS) is 27.7. The molecule has 134 valence electrons. The van der Waals surface area contributed by atoms with Crippen LogP contribution in [0.5, 0.6) is 0 Å². The Balaban J connectivity index is 1.85. The predicted octanol–water partition coefficient (Wildman–Crippen LogP) is 2.04. The molecule has 2 heterocycles. The molecule has 0 aliphatic carbocycles. The van der Waals surface area contributed by atoms with Gasteiger partial charge in [0.25, 0.3) is 0 Å². The standard InChI is InChI=1S/C16H16Cl2N2O4S/c1-9(21)19-14-16(13(17)18,25-12-7-11(22)20(12)14)15(23)24-8-10-5-3-2-4-6-10/h2-6,12-14H,7-8H2,1H3,(H,19,21)/t12-,14?,16?/m1/s1. The Morgan fingerprint density at radius 3 is 2.64 bits per heavy atom. The van der Waals surface area contributed by atoms with Crippen LogP contribution >= 0.6 is 35.0 Å². The number of halogens is 2. The number of amides is 2. The topological polar surface area (TPSA) is 75.7 Å². The van der Waals surface area contributed by atoms with Gasteiger partial charge in [0, 0.05) is 6.92 Å². The number of carbonyl (C=O) groups excluding carboxylic acids is 3. The molecule has 6 nitrogen and oxygen atoms in total. The van der Waals surface area contributed by atoms with E-state index in [9.17, 15) is 14.4 Å². The van der Waals surface area contributed by atoms with Crippen LogP contribution in [0.15, 0.2) is 30.3 Å². The maximum absolute atomic E-state index is 12.9. The number of thioether (sulfide) groups is 1. The zero-order valence-electron chi connectivity index (χ0n) is 13.3. The van der Waals surface area contributed by atoms with Crippen LogP contribution in [0.3, 0.4) is 0 Å². The van der Waals surface area contributed by atoms with Crippen LogP contribution in [-0.2, 0) is 25.7 Å². The van der Waals surface area contributed by atoms with E-state index >= 15 is 0 Å². The summed E-state index contributed by atoms with van der Waals surface area (Å²) in [6.07, 6.45) is -0.667. The Morgan fingerprint density at radius 1 is 1.40 bits per heavy atom. The van der Waals surface area contributed by atoms with E-state index in [1.165, 1.54) is 23.6 Å². The fourth-order valence-corrected chi connectivity index (χ4v) is 5.24. The zero-order valence-corrected chi connectivity index (χ0v) is 15.6. The monoisotopic (exact) mass is 402 g/mol. The first-order valence-corrected chi connectivity index (χ1v) is 9.37. The number of β-lactam (4-membered cyclic amide) rings is 1. The van der Waals surface area contributed by atoms with Crippen molar-refractivity contribution in [3.63, 3.8) is 0 Å². The molecule has 3 rings (SSSR count). The van der Waals surface area contributed by atoms with Crippen LogP contribution in [0.25, 0.3) is 0 Å². The number of benzene rings is 1. The molecule has 0 aromatic heterocycles. The lowest BCUT2D eigenvalue weighted by atomic mass is 10.0. The maximum Gasteiger partial charge on any atom is 0.329 e. The summed E-state index contributed by atoms with van der Waals surface area (Å²) in [5.74, 6) is -1.21. The number of fused-ring (bicyclic) bond motifs is 1. The predicted molar refractivity (Wildman–Crippen MR) is 94.9 cm³/mol. The van der Waals surface area contributed by atoms with Gasteiger partial charge in [-0.1, -0.05) is 30.3 Å². The summed E-state index contributed by atoms with van der Waals surface area (Å²) in [5, 5.41) is 2.37. The average molecular weight is 403 g/mol. The maximum atomic E-state index is 12.9. The van der Waals surface area contributed by atoms with Gasteiger partial charge < -0.3 is 15.0 Å². The summed E-state index contributed by atoms with van der Waals surface area (Å²) in [6, 6.07) is 9.17. The number of hydrogen-bond donors (Lipinski definition) is 1. The Morgan fingerprint density at radius 2 is 2.08 bits per heavy atom. The molecule has 3 atom stereocenters. The third kappa shape index (κ3) is 3.20. The average Bonchev–Trinajstić information content (AvgIpc) is 2.81. The first kappa shape index (κ1) is 18.4. The molecule has 2 aliphatic rings. The quantitative estimate of drug-likeness (QED) is 0.463. The van der Waals surface area contributed by atoms with E-state index in [0.717, 1.165) is 5.56 Å². The van der Waals surface area contributed by atoms with Crippen molar-refractivity contribution in [1.82, 2.24) is 10.2 Å². The molecule has 0 saturated carbocycles. The van der Waals surface area contributed by atoms with Crippen molar-refractivity contribution in [1.29, 1.82) is 0 Å². The fourth-order valence-electron chi connectivity index (χ4n) is 2.93. The van der Waals surface area contributed by atoms with E-state index in [-0.39, 0.29) is 30.2 Å². The van der Waals surface area contributed by atoms with E-state index in [1.807, 2.05) is 30.3 Å². The summed E-state index contributed by atoms with van der Waals surface area (Å²) >= 11 is 13.5. The molecule has 9 heteroatoms. The molecule has 2 amide bonds. The minimum atomic E-state index is -1.47. The first-order valence-electron chi connectivity index (χ1n) is 7.61. The number of esters is 1. The second kappa shape index (κ2) is 7.05. The molecule has 2 unspecified atom stereocenters. The number of nitrogens with one attached hydrogen (secondary N) is 1. The largest absolute Gasteiger partial charge is 0.460 e. The first-order chi connectivity index (χ1) is 11.9. The van der Waals surface area contributed by atoms with Gasteiger partial charge in [-0.25, -0.2) is 0 Å². The number of alkyl halides is 2. The van der Waals surface area contributed by atoms with Crippen LogP contribution in [-0.4, -0.2) is 43.8 Å². The van der Waals surface area contributed by atoms with Gasteiger partial charge in [-0.2, -0.15) is 0 Å². The lowest BCUT2D eigenvalue weighted by Gasteiger charge is -2.39. The molecule has 1 aromatic rings. The van der Waals surface area contributed by atoms with Crippen LogP contribution in [0, 0.1) is 0 Å². The van der Waals surface area contributed by atoms with Crippen molar-refractivity contribution >= 4 is 52.7 Å². The fraction of sp³-hybridized carbons (Fsp3) is 0.438. The van der Waals surface area contributed by atoms with E-state index < -0.39 is 21.7 Å². The van der Waals surface area contributed by atoms with Crippen molar-refractivity contribution in [2.24, 2.45) is 0 Å². The molecular formula is C16H16Cl2N2O4S. The molecule has 25 heavy (non-hydrogen) atoms. The van der Waals surface area contributed by atoms with Crippen molar-refractivity contribution in [2.75, 3.05) is 0 Å². The van der Waals surface area contributed by atoms with Crippen molar-refractivity contribution in [3.8, 4) is 0 Å². The summed E-state index contributed by atoms with van der Waals surface area (Å²) in [7, 11) is 0. The molecule has 0 radical (unpaired) electrons. The lowest BCUT2D eigenvalue weighted by molar-refractivity contribution is -0.154. The number of nitrogens with zero attached hydrogens (tertiary/aromatic N) is 1. The van der Waals surface area contributed by atoms with Crippen LogP contribution in [0.4, 0.5) is 0 Å². The number of ether oxygens (including phenoxy) is 1. The molecule has 2 fully saturated rings. The Bertz CT molecular complexity index is 703. The number of carbonyl (C=O) groups is 3. The summed E-state index contributed by atoms with van der Waals surface area (Å²) in [5.41, 5.74) is 0.810. The third-order valence-corrected chi connectivity index (χ3v) is 6.79. The number of hydrogen-bond acceptors (Lipinski definition) is 5. The minimum Gasteiger partial charge on any atom is -0.460 e. The van der Waals surface area contributed by atoms with Crippen LogP contribution in [0.1, 0.15) is 18.9 Å². The van der Waals surface area contributed by atoms with Crippen molar-refractivity contribution in [2.45, 2.75) is 41.1 Å². The second-order valence-corrected chi connectivity index (χ2v) is 8.39. The van der Waals surface area contributed by atoms with Gasteiger partial charge in [0.15, 0.2) is 4.75 Å². The van der Waals surface area contributed by atoms with E-state index in [1.54, 1.807) is 0 Å². The second-order valence-electron chi connectivity index (χ2n) is 5.84. The van der Waals surface area contributed by atoms with Gasteiger partial charge >= 0.3 is 5.97 Å². The van der Waals surface area contributed by atoms with E-state index in [0.29, 0.717) is 0 Å². The number of rotatable bonds is 5. The summed E-state index contributed by atoms with van der Waals surface area (Å²) < 4.78 is 3.96. The van der Waals surface area contributed by atoms with Gasteiger partial charge in [0.1, 0.15) is 17.6 Å². The molecule has 1 aromatic carbocycles. The molecular weight excluding hydrogens is 387 g/mol. The zero-order chi connectivity index (χ0) is 18.2. The molecule has 2 aliphatic heterocycles. The van der Waals surface area contributed by atoms with Crippen LogP contribution in [0.2, 0.25) is 0 Å². The molecule has 2 saturated heterocycles. The highest BCUT2D eigenvalue weighted by Gasteiger charge is 2.67. The Hall–Kier alpha value is -1.44. The molecule has 0 spiro atoms. The highest BCUT2D eigenvalue weighted by molar-refractivity contribution is 8.02. The van der Waals surface area contributed by atoms with Crippen LogP contribution < -0.4 is 5.32 Å². The highest BCUT2D eigenvalue weighted by atomic mass is 35.5. The highest BCUT2D eigenvalue weighted by Crippen LogP contribution is 2.54. The smallest absolute Gasteiger partial charge is 0.329 e. The van der Waals surface area contributed by atoms with Crippen molar-refractivity contribution < 1.29 is 19.1 Å². The minimum absolute atomic E-state index is 0.0495. The Labute approximate surface area is 159 Å². The van der Waals surface area contributed by atoms with Gasteiger partial charge in [0.05, 0.1) is 11.8 Å². The molecule has 0 bridgehead atoms. The SMILES string of the molecule is CC(=O)NC1N2C(=O)C[C@H]2SC1(C(=O)OCc1ccccc1)C(Cl)Cl.